The second-order valence-electron chi connectivity index (χ2n) is 5.13. The van der Waals surface area contributed by atoms with Crippen molar-refractivity contribution in [3.05, 3.63) is 29.8 Å². The van der Waals surface area contributed by atoms with Crippen molar-refractivity contribution in [3.8, 4) is 0 Å². The maximum atomic E-state index is 12.1. The van der Waals surface area contributed by atoms with E-state index in [1.165, 1.54) is 17.8 Å². The molecule has 1 saturated heterocycles. The van der Waals surface area contributed by atoms with Gasteiger partial charge in [0, 0.05) is 5.25 Å². The summed E-state index contributed by atoms with van der Waals surface area (Å²) in [6.45, 7) is 1.65. The molecule has 1 N–H and O–H groups in total. The molecule has 1 amide bonds. The van der Waals surface area contributed by atoms with E-state index < -0.39 is 25.8 Å². The molecular weight excluding hydrogens is 346 g/mol. The van der Waals surface area contributed by atoms with E-state index in [9.17, 15) is 21.6 Å². The minimum atomic E-state index is -3.89. The van der Waals surface area contributed by atoms with Gasteiger partial charge in [0.15, 0.2) is 9.84 Å². The summed E-state index contributed by atoms with van der Waals surface area (Å²) in [6.07, 6.45) is 0.505. The Morgan fingerprint density at radius 1 is 1.36 bits per heavy atom. The van der Waals surface area contributed by atoms with Gasteiger partial charge in [0.05, 0.1) is 22.2 Å². The SMILES string of the molecule is Cc1ccccc1S(=O)(=O)NC(=O)CS[C@H]1CCS(=O)(=O)C1. The first-order chi connectivity index (χ1) is 10.2. The highest BCUT2D eigenvalue weighted by molar-refractivity contribution is 8.02. The number of rotatable bonds is 5. The number of hydrogen-bond donors (Lipinski definition) is 1. The first kappa shape index (κ1) is 17.3. The fourth-order valence-electron chi connectivity index (χ4n) is 2.18. The Morgan fingerprint density at radius 3 is 2.64 bits per heavy atom. The van der Waals surface area contributed by atoms with E-state index in [4.69, 9.17) is 0 Å². The van der Waals surface area contributed by atoms with Crippen LogP contribution >= 0.6 is 11.8 Å². The van der Waals surface area contributed by atoms with Gasteiger partial charge in [-0.2, -0.15) is 0 Å². The molecule has 1 aromatic rings. The van der Waals surface area contributed by atoms with Gasteiger partial charge in [0.25, 0.3) is 10.0 Å². The van der Waals surface area contributed by atoms with Crippen molar-refractivity contribution in [3.63, 3.8) is 0 Å². The quantitative estimate of drug-likeness (QED) is 0.828. The molecule has 0 aliphatic carbocycles. The van der Waals surface area contributed by atoms with Gasteiger partial charge < -0.3 is 0 Å². The van der Waals surface area contributed by atoms with E-state index in [2.05, 4.69) is 0 Å². The molecule has 122 valence electrons. The largest absolute Gasteiger partial charge is 0.273 e. The molecule has 1 atom stereocenters. The Bertz CT molecular complexity index is 771. The standard InChI is InChI=1S/C13H17NO5S3/c1-10-4-2-3-5-12(10)22(18,19)14-13(15)8-20-11-6-7-21(16,17)9-11/h2-5,11H,6-9H2,1H3,(H,14,15)/t11-/m0/s1. The number of thioether (sulfide) groups is 1. The normalized spacial score (nSPS) is 20.7. The van der Waals surface area contributed by atoms with Crippen LogP contribution in [0.25, 0.3) is 0 Å². The van der Waals surface area contributed by atoms with Crippen LogP contribution in [-0.2, 0) is 24.7 Å². The minimum absolute atomic E-state index is 0.0511. The third-order valence-corrected chi connectivity index (χ3v) is 8.09. The van der Waals surface area contributed by atoms with Gasteiger partial charge in [0.2, 0.25) is 5.91 Å². The van der Waals surface area contributed by atoms with E-state index in [1.807, 2.05) is 4.72 Å². The predicted molar refractivity (Wildman–Crippen MR) is 86.0 cm³/mol. The molecule has 6 nitrogen and oxygen atoms in total. The fourth-order valence-corrected chi connectivity index (χ4v) is 6.94. The summed E-state index contributed by atoms with van der Waals surface area (Å²) in [4.78, 5) is 11.9. The number of benzene rings is 1. The molecule has 0 radical (unpaired) electrons. The van der Waals surface area contributed by atoms with E-state index in [-0.39, 0.29) is 27.4 Å². The number of carbonyl (C=O) groups is 1. The third-order valence-electron chi connectivity index (χ3n) is 3.27. The van der Waals surface area contributed by atoms with Gasteiger partial charge in [-0.15, -0.1) is 11.8 Å². The maximum absolute atomic E-state index is 12.1. The van der Waals surface area contributed by atoms with Gasteiger partial charge in [-0.05, 0) is 25.0 Å². The molecule has 2 rings (SSSR count). The van der Waals surface area contributed by atoms with E-state index in [0.717, 1.165) is 0 Å². The van der Waals surface area contributed by atoms with Crippen molar-refractivity contribution in [2.24, 2.45) is 0 Å². The maximum Gasteiger partial charge on any atom is 0.264 e. The first-order valence-electron chi connectivity index (χ1n) is 6.63. The van der Waals surface area contributed by atoms with Gasteiger partial charge in [0.1, 0.15) is 0 Å². The first-order valence-corrected chi connectivity index (χ1v) is 11.0. The van der Waals surface area contributed by atoms with Crippen molar-refractivity contribution >= 4 is 37.5 Å². The van der Waals surface area contributed by atoms with Gasteiger partial charge >= 0.3 is 0 Å². The second kappa shape index (κ2) is 6.59. The number of sulfone groups is 1. The van der Waals surface area contributed by atoms with Crippen LogP contribution in [0.1, 0.15) is 12.0 Å². The van der Waals surface area contributed by atoms with Crippen molar-refractivity contribution < 1.29 is 21.6 Å². The molecule has 1 fully saturated rings. The van der Waals surface area contributed by atoms with Crippen molar-refractivity contribution in [1.29, 1.82) is 0 Å². The molecule has 0 aromatic heterocycles. The monoisotopic (exact) mass is 363 g/mol. The smallest absolute Gasteiger partial charge is 0.264 e. The van der Waals surface area contributed by atoms with Crippen molar-refractivity contribution in [1.82, 2.24) is 4.72 Å². The molecule has 0 unspecified atom stereocenters. The molecule has 0 bridgehead atoms. The van der Waals surface area contributed by atoms with Crippen LogP contribution in [-0.4, -0.2) is 45.3 Å². The average Bonchev–Trinajstić information content (AvgIpc) is 2.76. The summed E-state index contributed by atoms with van der Waals surface area (Å²) < 4.78 is 48.9. The lowest BCUT2D eigenvalue weighted by Gasteiger charge is -2.10. The van der Waals surface area contributed by atoms with Gasteiger partial charge in [-0.25, -0.2) is 21.6 Å². The number of hydrogen-bond acceptors (Lipinski definition) is 6. The van der Waals surface area contributed by atoms with Crippen molar-refractivity contribution in [2.75, 3.05) is 17.3 Å². The topological polar surface area (TPSA) is 97.4 Å². The molecule has 1 aliphatic heterocycles. The highest BCUT2D eigenvalue weighted by atomic mass is 32.2. The van der Waals surface area contributed by atoms with Crippen LogP contribution in [0.4, 0.5) is 0 Å². The Labute approximate surface area is 134 Å². The van der Waals surface area contributed by atoms with E-state index in [0.29, 0.717) is 12.0 Å². The Balaban J connectivity index is 1.93. The lowest BCUT2D eigenvalue weighted by molar-refractivity contribution is -0.116. The lowest BCUT2D eigenvalue weighted by atomic mass is 10.2. The minimum Gasteiger partial charge on any atom is -0.273 e. The summed E-state index contributed by atoms with van der Waals surface area (Å²) in [5, 5.41) is -0.142. The molecule has 1 heterocycles. The molecule has 22 heavy (non-hydrogen) atoms. The van der Waals surface area contributed by atoms with Crippen LogP contribution in [0.5, 0.6) is 0 Å². The summed E-state index contributed by atoms with van der Waals surface area (Å²) in [6, 6.07) is 6.38. The zero-order chi connectivity index (χ0) is 16.4. The molecule has 0 saturated carbocycles. The lowest BCUT2D eigenvalue weighted by Crippen LogP contribution is -2.32. The summed E-state index contributed by atoms with van der Waals surface area (Å²) >= 11 is 1.18. The van der Waals surface area contributed by atoms with Crippen LogP contribution in [0.2, 0.25) is 0 Å². The zero-order valence-corrected chi connectivity index (χ0v) is 14.4. The summed E-state index contributed by atoms with van der Waals surface area (Å²) in [5.74, 6) is -0.535. The Hall–Kier alpha value is -1.06. The number of sulfonamides is 1. The molecular formula is C13H17NO5S3. The van der Waals surface area contributed by atoms with Gasteiger partial charge in [-0.3, -0.25) is 4.79 Å². The van der Waals surface area contributed by atoms with E-state index >= 15 is 0 Å². The van der Waals surface area contributed by atoms with Crippen LogP contribution in [0.15, 0.2) is 29.2 Å². The Morgan fingerprint density at radius 2 is 2.05 bits per heavy atom. The van der Waals surface area contributed by atoms with Crippen LogP contribution < -0.4 is 4.72 Å². The molecule has 9 heteroatoms. The predicted octanol–water partition coefficient (Wildman–Crippen LogP) is 0.720. The molecule has 1 aromatic carbocycles. The Kier molecular flexibility index (Phi) is 5.18. The number of amides is 1. The highest BCUT2D eigenvalue weighted by Crippen LogP contribution is 2.24. The third kappa shape index (κ3) is 4.47. The zero-order valence-electron chi connectivity index (χ0n) is 12.0. The summed E-state index contributed by atoms with van der Waals surface area (Å²) in [5.41, 5.74) is 0.553. The number of nitrogens with one attached hydrogen (secondary N) is 1. The van der Waals surface area contributed by atoms with Crippen LogP contribution in [0, 0.1) is 6.92 Å². The van der Waals surface area contributed by atoms with Gasteiger partial charge in [-0.1, -0.05) is 18.2 Å². The fraction of sp³-hybridized carbons (Fsp3) is 0.462. The van der Waals surface area contributed by atoms with Crippen molar-refractivity contribution in [2.45, 2.75) is 23.5 Å². The average molecular weight is 363 g/mol. The van der Waals surface area contributed by atoms with Crippen LogP contribution in [0.3, 0.4) is 0 Å². The highest BCUT2D eigenvalue weighted by Gasteiger charge is 2.29. The molecule has 1 aliphatic rings. The number of aryl methyl sites for hydroxylation is 1. The number of carbonyl (C=O) groups excluding carboxylic acids is 1. The second-order valence-corrected chi connectivity index (χ2v) is 10.3. The molecule has 0 spiro atoms. The summed E-state index contributed by atoms with van der Waals surface area (Å²) in [7, 11) is -6.89. The van der Waals surface area contributed by atoms with E-state index in [1.54, 1.807) is 25.1 Å².